The molecule has 6 atom stereocenters. The van der Waals surface area contributed by atoms with Gasteiger partial charge in [-0.2, -0.15) is 10.1 Å². The van der Waals surface area contributed by atoms with Crippen LogP contribution in [-0.2, 0) is 28.1 Å². The largest absolute Gasteiger partial charge is 0.462 e. The number of amides is 1. The number of rotatable bonds is 14. The number of aliphatic hydroxyl groups excluding tert-OH is 1. The molecule has 0 aliphatic carbocycles. The summed E-state index contributed by atoms with van der Waals surface area (Å²) in [6.07, 6.45) is -3.54. The van der Waals surface area contributed by atoms with Gasteiger partial charge in [-0.15, -0.1) is 0 Å². The fourth-order valence-electron chi connectivity index (χ4n) is 3.97. The summed E-state index contributed by atoms with van der Waals surface area (Å²) in [6, 6.07) is 8.08. The first kappa shape index (κ1) is 34.1. The summed E-state index contributed by atoms with van der Waals surface area (Å²) in [7, 11) is -4.34. The van der Waals surface area contributed by atoms with E-state index < -0.39 is 68.4 Å². The molecular formula is C27H38FN4O10P. The van der Waals surface area contributed by atoms with Crippen LogP contribution in [0.4, 0.5) is 15.0 Å². The van der Waals surface area contributed by atoms with Gasteiger partial charge < -0.3 is 23.8 Å². The third-order valence-corrected chi connectivity index (χ3v) is 7.84. The van der Waals surface area contributed by atoms with Gasteiger partial charge in [0.25, 0.3) is 0 Å². The Morgan fingerprint density at radius 2 is 1.93 bits per heavy atom. The Hall–Kier alpha value is -3.36. The van der Waals surface area contributed by atoms with Crippen LogP contribution >= 0.6 is 7.75 Å². The topological polar surface area (TPSA) is 177 Å². The number of para-hydroxylation sites is 1. The van der Waals surface area contributed by atoms with E-state index in [1.54, 1.807) is 32.0 Å². The molecular weight excluding hydrogens is 590 g/mol. The Kier molecular flexibility index (Phi) is 11.8. The van der Waals surface area contributed by atoms with Gasteiger partial charge >= 0.3 is 25.5 Å². The molecule has 0 spiro atoms. The second-order valence-electron chi connectivity index (χ2n) is 10.3. The molecule has 1 saturated heterocycles. The Morgan fingerprint density at radius 3 is 2.56 bits per heavy atom. The maximum absolute atomic E-state index is 15.8. The molecule has 238 valence electrons. The van der Waals surface area contributed by atoms with Crippen molar-refractivity contribution >= 4 is 25.6 Å². The van der Waals surface area contributed by atoms with Gasteiger partial charge in [0.1, 0.15) is 29.8 Å². The molecule has 1 aromatic heterocycles. The lowest BCUT2D eigenvalue weighted by Gasteiger charge is -2.25. The number of hydrogen-bond donors (Lipinski definition) is 3. The van der Waals surface area contributed by atoms with Gasteiger partial charge in [0.15, 0.2) is 11.9 Å². The standard InChI is InChI=1S/C27H38FN4O10P/c1-6-7-15-38-26(36)30-21-13-14-32(25(35)29-21)24-27(5,28)22(33)20(41-24)16-39-43(37,42-19-11-9-8-10-12-19)31-18(4)23(34)40-17(2)3/h8-14,17-18,20,22,24,33H,6-7,15-16H2,1-5H3,(H,31,37)(H,29,30,35,36)/t18-,20+,22+,24+,27+,43-/m0/s1. The fourth-order valence-corrected chi connectivity index (χ4v) is 5.47. The second-order valence-corrected chi connectivity index (χ2v) is 12.0. The normalized spacial score (nSPS) is 23.8. The van der Waals surface area contributed by atoms with E-state index in [2.05, 4.69) is 15.4 Å². The first-order valence-electron chi connectivity index (χ1n) is 13.8. The molecule has 1 amide bonds. The molecule has 1 aliphatic heterocycles. The van der Waals surface area contributed by atoms with Gasteiger partial charge in [-0.05, 0) is 52.3 Å². The van der Waals surface area contributed by atoms with Crippen LogP contribution < -0.4 is 20.6 Å². The van der Waals surface area contributed by atoms with Crippen LogP contribution in [0.15, 0.2) is 47.4 Å². The van der Waals surface area contributed by atoms with Gasteiger partial charge in [0.05, 0.1) is 19.3 Å². The molecule has 0 saturated carbocycles. The number of anilines is 1. The Balaban J connectivity index is 1.74. The van der Waals surface area contributed by atoms with Crippen molar-refractivity contribution in [2.75, 3.05) is 18.5 Å². The van der Waals surface area contributed by atoms with E-state index in [0.717, 1.165) is 24.1 Å². The maximum Gasteiger partial charge on any atom is 0.459 e. The highest BCUT2D eigenvalue weighted by Gasteiger charge is 2.56. The number of nitrogens with one attached hydrogen (secondary N) is 2. The molecule has 0 unspecified atom stereocenters. The zero-order valence-electron chi connectivity index (χ0n) is 24.6. The van der Waals surface area contributed by atoms with Crippen molar-refractivity contribution in [2.24, 2.45) is 0 Å². The van der Waals surface area contributed by atoms with Crippen LogP contribution in [0.2, 0.25) is 0 Å². The molecule has 3 N–H and O–H groups in total. The highest BCUT2D eigenvalue weighted by Crippen LogP contribution is 2.47. The first-order valence-corrected chi connectivity index (χ1v) is 15.3. The Bertz CT molecular complexity index is 1340. The number of benzene rings is 1. The van der Waals surface area contributed by atoms with Crippen molar-refractivity contribution in [3.05, 3.63) is 53.1 Å². The molecule has 43 heavy (non-hydrogen) atoms. The molecule has 1 aromatic carbocycles. The van der Waals surface area contributed by atoms with Crippen LogP contribution in [-0.4, -0.2) is 70.0 Å². The number of carbonyl (C=O) groups is 2. The van der Waals surface area contributed by atoms with Gasteiger partial charge in [0.2, 0.25) is 0 Å². The van der Waals surface area contributed by atoms with E-state index in [-0.39, 0.29) is 18.2 Å². The summed E-state index contributed by atoms with van der Waals surface area (Å²) in [6.45, 7) is 7.18. The van der Waals surface area contributed by atoms with Gasteiger partial charge in [0, 0.05) is 6.20 Å². The minimum absolute atomic E-state index is 0.128. The minimum atomic E-state index is -4.34. The number of ether oxygens (including phenoxy) is 3. The molecule has 2 heterocycles. The van der Waals surface area contributed by atoms with Crippen LogP contribution in [0.25, 0.3) is 0 Å². The van der Waals surface area contributed by atoms with Gasteiger partial charge in [-0.25, -0.2) is 18.5 Å². The van der Waals surface area contributed by atoms with E-state index >= 15 is 4.39 Å². The number of unbranched alkanes of at least 4 members (excludes halogenated alkanes) is 1. The van der Waals surface area contributed by atoms with E-state index in [1.165, 1.54) is 25.1 Å². The average molecular weight is 629 g/mol. The summed E-state index contributed by atoms with van der Waals surface area (Å²) in [5.74, 6) is -0.704. The Morgan fingerprint density at radius 1 is 1.23 bits per heavy atom. The van der Waals surface area contributed by atoms with Gasteiger partial charge in [-0.3, -0.25) is 19.2 Å². The fraction of sp³-hybridized carbons (Fsp3) is 0.556. The number of hydrogen-bond acceptors (Lipinski definition) is 11. The third kappa shape index (κ3) is 9.31. The highest BCUT2D eigenvalue weighted by molar-refractivity contribution is 7.52. The van der Waals surface area contributed by atoms with Crippen molar-refractivity contribution in [3.63, 3.8) is 0 Å². The molecule has 16 heteroatoms. The second kappa shape index (κ2) is 14.9. The Labute approximate surface area is 248 Å². The number of halogens is 1. The predicted molar refractivity (Wildman–Crippen MR) is 152 cm³/mol. The van der Waals surface area contributed by atoms with Gasteiger partial charge in [-0.1, -0.05) is 31.5 Å². The molecule has 1 aliphatic rings. The lowest BCUT2D eigenvalue weighted by Crippen LogP contribution is -2.43. The number of esters is 1. The highest BCUT2D eigenvalue weighted by atomic mass is 31.2. The quantitative estimate of drug-likeness (QED) is 0.157. The lowest BCUT2D eigenvalue weighted by molar-refractivity contribution is -0.149. The molecule has 1 fully saturated rings. The summed E-state index contributed by atoms with van der Waals surface area (Å²) >= 11 is 0. The molecule has 3 rings (SSSR count). The maximum atomic E-state index is 15.8. The lowest BCUT2D eigenvalue weighted by atomic mass is 9.98. The van der Waals surface area contributed by atoms with E-state index in [0.29, 0.717) is 6.42 Å². The zero-order chi connectivity index (χ0) is 31.8. The van der Waals surface area contributed by atoms with Crippen molar-refractivity contribution in [2.45, 2.75) is 83.7 Å². The van der Waals surface area contributed by atoms with E-state index in [4.69, 9.17) is 23.3 Å². The summed E-state index contributed by atoms with van der Waals surface area (Å²) in [5, 5.41) is 15.6. The summed E-state index contributed by atoms with van der Waals surface area (Å²) in [5.41, 5.74) is -3.51. The zero-order valence-corrected chi connectivity index (χ0v) is 25.5. The van der Waals surface area contributed by atoms with Crippen molar-refractivity contribution in [1.29, 1.82) is 0 Å². The summed E-state index contributed by atoms with van der Waals surface area (Å²) in [4.78, 5) is 40.7. The van der Waals surface area contributed by atoms with Crippen molar-refractivity contribution < 1.29 is 46.9 Å². The van der Waals surface area contributed by atoms with E-state index in [9.17, 15) is 24.1 Å². The van der Waals surface area contributed by atoms with Crippen LogP contribution in [0.3, 0.4) is 0 Å². The molecule has 0 bridgehead atoms. The first-order chi connectivity index (χ1) is 20.3. The van der Waals surface area contributed by atoms with E-state index in [1.807, 2.05) is 6.92 Å². The molecule has 2 aromatic rings. The minimum Gasteiger partial charge on any atom is -0.462 e. The summed E-state index contributed by atoms with van der Waals surface area (Å²) < 4.78 is 57.2. The van der Waals surface area contributed by atoms with Crippen LogP contribution in [0.5, 0.6) is 5.75 Å². The average Bonchev–Trinajstić information content (AvgIpc) is 3.15. The van der Waals surface area contributed by atoms with Crippen molar-refractivity contribution in [1.82, 2.24) is 14.6 Å². The smallest absolute Gasteiger partial charge is 0.459 e. The third-order valence-electron chi connectivity index (χ3n) is 6.20. The number of aromatic nitrogens is 2. The molecule has 14 nitrogen and oxygen atoms in total. The predicted octanol–water partition coefficient (Wildman–Crippen LogP) is 3.71. The SMILES string of the molecule is CCCCOC(=O)Nc1ccn([C@@H]2O[C@H](CO[P@@](=O)(N[C@@H](C)C(=O)OC(C)C)Oc3ccccc3)[C@@H](O)[C@@]2(C)F)c(=O)n1. The number of carbonyl (C=O) groups excluding carboxylic acids is 2. The monoisotopic (exact) mass is 628 g/mol. The van der Waals surface area contributed by atoms with Crippen molar-refractivity contribution in [3.8, 4) is 5.75 Å². The van der Waals surface area contributed by atoms with Crippen LogP contribution in [0, 0.1) is 0 Å². The number of alkyl halides is 1. The number of nitrogens with zero attached hydrogens (tertiary/aromatic N) is 2. The number of aliphatic hydroxyl groups is 1. The van der Waals surface area contributed by atoms with Crippen LogP contribution in [0.1, 0.15) is 53.7 Å². The molecule has 0 radical (unpaired) electrons.